The molecule has 2 aromatic carbocycles. The zero-order chi connectivity index (χ0) is 23.8. The van der Waals surface area contributed by atoms with E-state index in [9.17, 15) is 14.4 Å². The van der Waals surface area contributed by atoms with Crippen molar-refractivity contribution < 1.29 is 14.3 Å². The summed E-state index contributed by atoms with van der Waals surface area (Å²) in [6.45, 7) is 4.02. The molecule has 5 rings (SSSR count). The van der Waals surface area contributed by atoms with E-state index in [1.165, 1.54) is 4.57 Å². The van der Waals surface area contributed by atoms with Crippen molar-refractivity contribution in [2.24, 2.45) is 0 Å². The first kappa shape index (κ1) is 21.4. The van der Waals surface area contributed by atoms with Crippen molar-refractivity contribution in [3.05, 3.63) is 86.7 Å². The van der Waals surface area contributed by atoms with Gasteiger partial charge in [-0.05, 0) is 49.7 Å². The van der Waals surface area contributed by atoms with E-state index in [2.05, 4.69) is 10.3 Å². The fourth-order valence-corrected chi connectivity index (χ4v) is 4.09. The fraction of sp³-hybridized carbons (Fsp3) is 0.200. The molecule has 0 saturated carbocycles. The maximum atomic E-state index is 13.5. The van der Waals surface area contributed by atoms with Crippen LogP contribution in [0, 0.1) is 13.8 Å². The van der Waals surface area contributed by atoms with E-state index in [0.29, 0.717) is 52.7 Å². The van der Waals surface area contributed by atoms with Crippen molar-refractivity contribution in [2.45, 2.75) is 20.4 Å². The quantitative estimate of drug-likeness (QED) is 0.504. The first-order valence-electron chi connectivity index (χ1n) is 10.8. The third-order valence-corrected chi connectivity index (χ3v) is 5.56. The predicted octanol–water partition coefficient (Wildman–Crippen LogP) is 2.57. The van der Waals surface area contributed by atoms with Crippen LogP contribution in [0.15, 0.2) is 64.2 Å². The molecule has 1 amide bonds. The molecule has 172 valence electrons. The number of pyridine rings is 1. The molecule has 0 saturated heterocycles. The second-order valence-electron chi connectivity index (χ2n) is 8.03. The molecular weight excluding hydrogens is 436 g/mol. The van der Waals surface area contributed by atoms with Crippen molar-refractivity contribution >= 4 is 22.6 Å². The molecule has 0 fully saturated rings. The predicted molar refractivity (Wildman–Crippen MR) is 127 cm³/mol. The summed E-state index contributed by atoms with van der Waals surface area (Å²) in [6, 6.07) is 15.7. The van der Waals surface area contributed by atoms with Gasteiger partial charge in [0.05, 0.1) is 11.1 Å². The smallest absolute Gasteiger partial charge is 0.337 e. The van der Waals surface area contributed by atoms with Gasteiger partial charge in [-0.25, -0.2) is 18.9 Å². The number of rotatable bonds is 4. The summed E-state index contributed by atoms with van der Waals surface area (Å²) in [4.78, 5) is 44.2. The Morgan fingerprint density at radius 3 is 2.50 bits per heavy atom. The van der Waals surface area contributed by atoms with Gasteiger partial charge in [0.25, 0.3) is 5.56 Å². The molecule has 9 nitrogen and oxygen atoms in total. The molecular formula is C25H22N4O5. The van der Waals surface area contributed by atoms with Gasteiger partial charge in [-0.2, -0.15) is 0 Å². The third kappa shape index (κ3) is 3.81. The summed E-state index contributed by atoms with van der Waals surface area (Å²) in [5, 5.41) is 3.02. The van der Waals surface area contributed by atoms with Gasteiger partial charge in [-0.15, -0.1) is 0 Å². The highest BCUT2D eigenvalue weighted by Gasteiger charge is 2.20. The van der Waals surface area contributed by atoms with E-state index in [4.69, 9.17) is 9.47 Å². The summed E-state index contributed by atoms with van der Waals surface area (Å²) in [6.07, 6.45) is 0. The van der Waals surface area contributed by atoms with Crippen LogP contribution in [0.1, 0.15) is 11.3 Å². The number of fused-ring (bicyclic) bond motifs is 2. The van der Waals surface area contributed by atoms with Crippen LogP contribution in [0.2, 0.25) is 0 Å². The van der Waals surface area contributed by atoms with Gasteiger partial charge < -0.3 is 14.8 Å². The Kier molecular flexibility index (Phi) is 5.37. The SMILES string of the molecule is Cc1cc(C)c2c(=O)n(CC(=O)Nc3ccc4c(c3)OCCO4)c(=O)n(-c3ccccc3)c2n1. The van der Waals surface area contributed by atoms with Gasteiger partial charge in [0.2, 0.25) is 5.91 Å². The van der Waals surface area contributed by atoms with Gasteiger partial charge in [0, 0.05) is 17.4 Å². The topological polar surface area (TPSA) is 104 Å². The number of benzene rings is 2. The number of ether oxygens (including phenoxy) is 2. The van der Waals surface area contributed by atoms with Crippen LogP contribution in [0.5, 0.6) is 11.5 Å². The average Bonchev–Trinajstić information content (AvgIpc) is 2.82. The number of carbonyl (C=O) groups excluding carboxylic acids is 1. The Hall–Kier alpha value is -4.40. The lowest BCUT2D eigenvalue weighted by Crippen LogP contribution is -2.42. The molecule has 0 bridgehead atoms. The van der Waals surface area contributed by atoms with Crippen molar-refractivity contribution in [3.63, 3.8) is 0 Å². The Morgan fingerprint density at radius 2 is 1.74 bits per heavy atom. The zero-order valence-corrected chi connectivity index (χ0v) is 18.7. The largest absolute Gasteiger partial charge is 0.486 e. The molecule has 4 aromatic rings. The Bertz CT molecular complexity index is 1540. The highest BCUT2D eigenvalue weighted by atomic mass is 16.6. The zero-order valence-electron chi connectivity index (χ0n) is 18.7. The van der Waals surface area contributed by atoms with Crippen LogP contribution in [-0.2, 0) is 11.3 Å². The highest BCUT2D eigenvalue weighted by molar-refractivity contribution is 5.91. The molecule has 0 unspecified atom stereocenters. The van der Waals surface area contributed by atoms with E-state index >= 15 is 0 Å². The maximum Gasteiger partial charge on any atom is 0.337 e. The standard InChI is InChI=1S/C25H22N4O5/c1-15-12-16(2)26-23-22(15)24(31)28(25(32)29(23)18-6-4-3-5-7-18)14-21(30)27-17-8-9-19-20(13-17)34-11-10-33-19/h3-9,12-13H,10-11,14H2,1-2H3,(H,27,30). The van der Waals surface area contributed by atoms with Crippen LogP contribution in [-0.4, -0.2) is 33.2 Å². The lowest BCUT2D eigenvalue weighted by atomic mass is 10.1. The molecule has 34 heavy (non-hydrogen) atoms. The number of para-hydroxylation sites is 1. The normalized spacial score (nSPS) is 12.5. The van der Waals surface area contributed by atoms with Crippen LogP contribution in [0.4, 0.5) is 5.69 Å². The molecule has 2 aromatic heterocycles. The molecule has 1 aliphatic heterocycles. The lowest BCUT2D eigenvalue weighted by Gasteiger charge is -2.19. The number of amides is 1. The van der Waals surface area contributed by atoms with Crippen molar-refractivity contribution in [2.75, 3.05) is 18.5 Å². The molecule has 1 N–H and O–H groups in total. The van der Waals surface area contributed by atoms with E-state index < -0.39 is 23.7 Å². The number of aromatic nitrogens is 3. The molecule has 0 spiro atoms. The second kappa shape index (κ2) is 8.51. The molecule has 3 heterocycles. The van der Waals surface area contributed by atoms with Crippen molar-refractivity contribution in [3.8, 4) is 17.2 Å². The summed E-state index contributed by atoms with van der Waals surface area (Å²) in [5.41, 5.74) is 1.45. The number of carbonyl (C=O) groups is 1. The highest BCUT2D eigenvalue weighted by Crippen LogP contribution is 2.32. The van der Waals surface area contributed by atoms with E-state index in [1.807, 2.05) is 6.07 Å². The first-order valence-corrected chi connectivity index (χ1v) is 10.8. The average molecular weight is 458 g/mol. The van der Waals surface area contributed by atoms with E-state index in [0.717, 1.165) is 4.57 Å². The Labute approximate surface area is 194 Å². The van der Waals surface area contributed by atoms with Gasteiger partial charge in [0.1, 0.15) is 19.8 Å². The minimum atomic E-state index is -0.640. The number of hydrogen-bond donors (Lipinski definition) is 1. The van der Waals surface area contributed by atoms with Crippen molar-refractivity contribution in [1.29, 1.82) is 0 Å². The van der Waals surface area contributed by atoms with Gasteiger partial charge in [-0.1, -0.05) is 18.2 Å². The molecule has 0 radical (unpaired) electrons. The summed E-state index contributed by atoms with van der Waals surface area (Å²) >= 11 is 0. The van der Waals surface area contributed by atoms with Gasteiger partial charge in [-0.3, -0.25) is 9.59 Å². The number of nitrogens with zero attached hydrogens (tertiary/aromatic N) is 3. The Balaban J connectivity index is 1.58. The monoisotopic (exact) mass is 458 g/mol. The summed E-state index contributed by atoms with van der Waals surface area (Å²) < 4.78 is 13.3. The summed E-state index contributed by atoms with van der Waals surface area (Å²) in [7, 11) is 0. The van der Waals surface area contributed by atoms with Crippen LogP contribution in [0.3, 0.4) is 0 Å². The number of nitrogens with one attached hydrogen (secondary N) is 1. The van der Waals surface area contributed by atoms with Crippen LogP contribution >= 0.6 is 0 Å². The van der Waals surface area contributed by atoms with E-state index in [-0.39, 0.29) is 5.65 Å². The fourth-order valence-electron chi connectivity index (χ4n) is 4.09. The van der Waals surface area contributed by atoms with Crippen LogP contribution in [0.25, 0.3) is 16.7 Å². The van der Waals surface area contributed by atoms with Gasteiger partial charge >= 0.3 is 5.69 Å². The lowest BCUT2D eigenvalue weighted by molar-refractivity contribution is -0.116. The van der Waals surface area contributed by atoms with Gasteiger partial charge in [0.15, 0.2) is 17.1 Å². The molecule has 1 aliphatic rings. The third-order valence-electron chi connectivity index (χ3n) is 5.56. The van der Waals surface area contributed by atoms with E-state index in [1.54, 1.807) is 62.4 Å². The minimum Gasteiger partial charge on any atom is -0.486 e. The second-order valence-corrected chi connectivity index (χ2v) is 8.03. The number of aryl methyl sites for hydroxylation is 2. The number of anilines is 1. The van der Waals surface area contributed by atoms with Crippen LogP contribution < -0.4 is 26.0 Å². The maximum absolute atomic E-state index is 13.5. The number of hydrogen-bond acceptors (Lipinski definition) is 6. The minimum absolute atomic E-state index is 0.266. The molecule has 9 heteroatoms. The first-order chi connectivity index (χ1) is 16.4. The Morgan fingerprint density at radius 1 is 1.00 bits per heavy atom. The molecule has 0 atom stereocenters. The summed E-state index contributed by atoms with van der Waals surface area (Å²) in [5.74, 6) is 0.599. The molecule has 0 aliphatic carbocycles. The van der Waals surface area contributed by atoms with Crippen molar-refractivity contribution in [1.82, 2.24) is 14.1 Å².